The van der Waals surface area contributed by atoms with Gasteiger partial charge in [0.25, 0.3) is 0 Å². The minimum atomic E-state index is -0.286. The molecule has 1 aromatic heterocycles. The third-order valence-corrected chi connectivity index (χ3v) is 2.57. The van der Waals surface area contributed by atoms with Crippen LogP contribution in [0.4, 0.5) is 0 Å². The van der Waals surface area contributed by atoms with Crippen LogP contribution in [0.1, 0.15) is 43.5 Å². The zero-order chi connectivity index (χ0) is 10.9. The smallest absolute Gasteiger partial charge is 0.149 e. The summed E-state index contributed by atoms with van der Waals surface area (Å²) in [6.07, 6.45) is 0. The van der Waals surface area contributed by atoms with Crippen LogP contribution in [0.3, 0.4) is 0 Å². The molecule has 1 rings (SSSR count). The Labute approximate surface area is 98.6 Å². The van der Waals surface area contributed by atoms with E-state index in [2.05, 4.69) is 9.97 Å². The molecule has 1 aromatic rings. The molecule has 1 heterocycles. The van der Waals surface area contributed by atoms with Crippen LogP contribution in [0.25, 0.3) is 0 Å². The minimum Gasteiger partial charge on any atom is -0.219 e. The molecule has 0 fully saturated rings. The molecule has 0 saturated carbocycles. The molecule has 0 N–H and O–H groups in total. The lowest BCUT2D eigenvalue weighted by atomic mass is 10.1. The average Bonchev–Trinajstić information content (AvgIpc) is 2.01. The van der Waals surface area contributed by atoms with Gasteiger partial charge in [-0.2, -0.15) is 0 Å². The van der Waals surface area contributed by atoms with Crippen molar-refractivity contribution in [3.63, 3.8) is 0 Å². The molecule has 0 aromatic carbocycles. The van der Waals surface area contributed by atoms with Gasteiger partial charge in [-0.15, -0.1) is 11.6 Å². The summed E-state index contributed by atoms with van der Waals surface area (Å²) in [7, 11) is 0. The van der Waals surface area contributed by atoms with Crippen LogP contribution in [0.5, 0.6) is 0 Å². The maximum absolute atomic E-state index is 5.98. The fourth-order valence-corrected chi connectivity index (χ4v) is 2.02. The van der Waals surface area contributed by atoms with E-state index in [1.54, 1.807) is 6.92 Å². The van der Waals surface area contributed by atoms with Crippen LogP contribution in [0.15, 0.2) is 0 Å². The van der Waals surface area contributed by atoms with Crippen LogP contribution in [-0.4, -0.2) is 9.97 Å². The molecule has 0 amide bonds. The third-order valence-electron chi connectivity index (χ3n) is 1.80. The first-order chi connectivity index (χ1) is 6.43. The van der Waals surface area contributed by atoms with Gasteiger partial charge >= 0.3 is 0 Å². The Hall–Kier alpha value is -0.0500. The topological polar surface area (TPSA) is 25.8 Å². The van der Waals surface area contributed by atoms with Gasteiger partial charge in [0, 0.05) is 5.56 Å². The van der Waals surface area contributed by atoms with Crippen molar-refractivity contribution in [2.45, 2.75) is 32.1 Å². The minimum absolute atomic E-state index is 0.203. The van der Waals surface area contributed by atoms with Crippen LogP contribution in [0.2, 0.25) is 10.3 Å². The lowest BCUT2D eigenvalue weighted by Gasteiger charge is -2.11. The molecule has 0 spiro atoms. The highest BCUT2D eigenvalue weighted by Gasteiger charge is 2.16. The molecule has 0 bridgehead atoms. The third kappa shape index (κ3) is 2.50. The maximum atomic E-state index is 5.98. The van der Waals surface area contributed by atoms with E-state index in [0.29, 0.717) is 16.1 Å². The highest BCUT2D eigenvalue weighted by Crippen LogP contribution is 2.30. The Kier molecular flexibility index (Phi) is 3.99. The second-order valence-corrected chi connectivity index (χ2v) is 4.72. The lowest BCUT2D eigenvalue weighted by molar-refractivity contribution is 0.820. The van der Waals surface area contributed by atoms with Gasteiger partial charge in [-0.1, -0.05) is 37.0 Å². The van der Waals surface area contributed by atoms with Crippen molar-refractivity contribution >= 4 is 34.8 Å². The van der Waals surface area contributed by atoms with Gasteiger partial charge < -0.3 is 0 Å². The van der Waals surface area contributed by atoms with E-state index < -0.39 is 0 Å². The molecule has 0 saturated heterocycles. The Morgan fingerprint density at radius 3 is 1.71 bits per heavy atom. The van der Waals surface area contributed by atoms with E-state index in [1.807, 2.05) is 13.8 Å². The van der Waals surface area contributed by atoms with E-state index >= 15 is 0 Å². The van der Waals surface area contributed by atoms with Crippen molar-refractivity contribution in [3.8, 4) is 0 Å². The summed E-state index contributed by atoms with van der Waals surface area (Å²) in [4.78, 5) is 8.19. The molecule has 0 aliphatic rings. The van der Waals surface area contributed by atoms with E-state index in [0.717, 1.165) is 5.56 Å². The van der Waals surface area contributed by atoms with Crippen molar-refractivity contribution in [1.29, 1.82) is 0 Å². The Morgan fingerprint density at radius 1 is 1.00 bits per heavy atom. The average molecular weight is 254 g/mol. The van der Waals surface area contributed by atoms with Crippen LogP contribution in [-0.2, 0) is 0 Å². The molecule has 1 atom stereocenters. The molecular formula is C9H11Cl3N2. The van der Waals surface area contributed by atoms with Gasteiger partial charge in [-0.25, -0.2) is 9.97 Å². The summed E-state index contributed by atoms with van der Waals surface area (Å²) in [6, 6.07) is 0. The van der Waals surface area contributed by atoms with E-state index in [9.17, 15) is 0 Å². The molecule has 1 unspecified atom stereocenters. The van der Waals surface area contributed by atoms with Gasteiger partial charge in [-0.3, -0.25) is 0 Å². The Bertz CT molecular complexity index is 314. The molecule has 0 radical (unpaired) electrons. The molecule has 14 heavy (non-hydrogen) atoms. The summed E-state index contributed by atoms with van der Waals surface area (Å²) < 4.78 is 0. The van der Waals surface area contributed by atoms with Crippen LogP contribution in [0, 0.1) is 0 Å². The predicted molar refractivity (Wildman–Crippen MR) is 60.4 cm³/mol. The first-order valence-corrected chi connectivity index (χ1v) is 5.49. The summed E-state index contributed by atoms with van der Waals surface area (Å²) >= 11 is 17.8. The Morgan fingerprint density at radius 2 is 1.43 bits per heavy atom. The maximum Gasteiger partial charge on any atom is 0.149 e. The zero-order valence-electron chi connectivity index (χ0n) is 8.18. The fourth-order valence-electron chi connectivity index (χ4n) is 1.09. The van der Waals surface area contributed by atoms with Crippen molar-refractivity contribution in [1.82, 2.24) is 9.97 Å². The normalized spacial score (nSPS) is 13.4. The summed E-state index contributed by atoms with van der Waals surface area (Å²) in [5.41, 5.74) is 0.773. The molecule has 0 aliphatic carbocycles. The zero-order valence-corrected chi connectivity index (χ0v) is 10.5. The molecule has 0 aliphatic heterocycles. The van der Waals surface area contributed by atoms with Gasteiger partial charge in [0.15, 0.2) is 0 Å². The number of hydrogen-bond acceptors (Lipinski definition) is 2. The number of hydrogen-bond donors (Lipinski definition) is 0. The van der Waals surface area contributed by atoms with E-state index in [-0.39, 0.29) is 11.3 Å². The van der Waals surface area contributed by atoms with Crippen molar-refractivity contribution in [2.24, 2.45) is 0 Å². The van der Waals surface area contributed by atoms with Gasteiger partial charge in [-0.05, 0) is 12.8 Å². The van der Waals surface area contributed by atoms with Crippen molar-refractivity contribution < 1.29 is 0 Å². The second kappa shape index (κ2) is 4.65. The van der Waals surface area contributed by atoms with Gasteiger partial charge in [0.1, 0.15) is 16.1 Å². The van der Waals surface area contributed by atoms with Crippen LogP contribution >= 0.6 is 34.8 Å². The van der Waals surface area contributed by atoms with E-state index in [4.69, 9.17) is 34.8 Å². The highest BCUT2D eigenvalue weighted by atomic mass is 35.5. The number of aromatic nitrogens is 2. The molecular weight excluding hydrogens is 242 g/mol. The van der Waals surface area contributed by atoms with Crippen molar-refractivity contribution in [2.75, 3.05) is 0 Å². The predicted octanol–water partition coefficient (Wildman–Crippen LogP) is 4.21. The summed E-state index contributed by atoms with van der Waals surface area (Å²) in [6.45, 7) is 5.75. The molecule has 78 valence electrons. The van der Waals surface area contributed by atoms with Crippen molar-refractivity contribution in [3.05, 3.63) is 21.7 Å². The first kappa shape index (κ1) is 12.0. The monoisotopic (exact) mass is 252 g/mol. The number of rotatable bonds is 2. The first-order valence-electron chi connectivity index (χ1n) is 4.30. The molecule has 5 heteroatoms. The number of alkyl halides is 1. The van der Waals surface area contributed by atoms with E-state index in [1.165, 1.54) is 0 Å². The molecule has 2 nitrogen and oxygen atoms in total. The summed E-state index contributed by atoms with van der Waals surface area (Å²) in [5.74, 6) is 0.667. The second-order valence-electron chi connectivity index (χ2n) is 3.35. The Balaban J connectivity index is 3.25. The number of nitrogens with zero attached hydrogens (tertiary/aromatic N) is 2. The highest BCUT2D eigenvalue weighted by molar-refractivity contribution is 6.34. The standard InChI is InChI=1S/C9H11Cl3N2/c1-4(2)6-7(11)13-9(5(3)10)14-8(6)12/h4-5H,1-3H3. The van der Waals surface area contributed by atoms with Gasteiger partial charge in [0.05, 0.1) is 5.38 Å². The lowest BCUT2D eigenvalue weighted by Crippen LogP contribution is -2.02. The van der Waals surface area contributed by atoms with Gasteiger partial charge in [0.2, 0.25) is 0 Å². The SMILES string of the molecule is CC(C)c1c(Cl)nc(C(C)Cl)nc1Cl. The van der Waals surface area contributed by atoms with Crippen LogP contribution < -0.4 is 0 Å². The summed E-state index contributed by atoms with van der Waals surface area (Å²) in [5, 5.41) is 0.496. The fraction of sp³-hybridized carbons (Fsp3) is 0.556. The quantitative estimate of drug-likeness (QED) is 0.583. The number of halogens is 3. The largest absolute Gasteiger partial charge is 0.219 e.